The van der Waals surface area contributed by atoms with E-state index in [1.54, 1.807) is 0 Å². The molecule has 0 bridgehead atoms. The maximum Gasteiger partial charge on any atom is 0.295 e. The molecule has 17 heavy (non-hydrogen) atoms. The van der Waals surface area contributed by atoms with Crippen molar-refractivity contribution in [1.29, 1.82) is 0 Å². The lowest BCUT2D eigenvalue weighted by atomic mass is 10.1. The van der Waals surface area contributed by atoms with E-state index in [9.17, 15) is 0 Å². The summed E-state index contributed by atoms with van der Waals surface area (Å²) in [5, 5.41) is 3.31. The monoisotopic (exact) mass is 225 g/mol. The lowest BCUT2D eigenvalue weighted by molar-refractivity contribution is -0.00540. The molecule has 0 saturated heterocycles. The van der Waals surface area contributed by atoms with Gasteiger partial charge < -0.3 is 10.8 Å². The Balaban J connectivity index is 2.04. The number of allylic oxidation sites excluding steroid dienone is 3. The second-order valence-electron chi connectivity index (χ2n) is 3.96. The topological polar surface area (TPSA) is 48.4 Å². The zero-order valence-corrected chi connectivity index (χ0v) is 9.85. The summed E-state index contributed by atoms with van der Waals surface area (Å²) in [6.45, 7) is 2.14. The van der Waals surface area contributed by atoms with Gasteiger partial charge in [-0.3, -0.25) is 0 Å². The van der Waals surface area contributed by atoms with Crippen LogP contribution in [0, 0.1) is 0 Å². The molecule has 3 heteroatoms. The molecule has 0 heterocycles. The Bertz CT molecular complexity index is 503. The van der Waals surface area contributed by atoms with E-state index in [0.717, 1.165) is 17.8 Å². The van der Waals surface area contributed by atoms with Crippen LogP contribution in [0.3, 0.4) is 0 Å². The summed E-state index contributed by atoms with van der Waals surface area (Å²) in [5.74, 6) is 0. The Kier molecular flexibility index (Phi) is 3.53. The summed E-state index contributed by atoms with van der Waals surface area (Å²) in [6, 6.07) is 8.39. The lowest BCUT2D eigenvalue weighted by Crippen LogP contribution is -2.04. The van der Waals surface area contributed by atoms with Gasteiger partial charge in [0.1, 0.15) is 0 Å². The van der Waals surface area contributed by atoms with Crippen molar-refractivity contribution < 1.29 is 4.79 Å². The molecule has 0 unspecified atom stereocenters. The van der Waals surface area contributed by atoms with Crippen molar-refractivity contribution in [3.05, 3.63) is 59.3 Å². The average molecular weight is 225 g/mol. The number of nitrogens with one attached hydrogen (secondary N) is 1. The minimum absolute atomic E-state index is 0.655. The molecule has 0 amide bonds. The van der Waals surface area contributed by atoms with Gasteiger partial charge >= 0.3 is 0 Å². The van der Waals surface area contributed by atoms with E-state index in [-0.39, 0.29) is 0 Å². The highest BCUT2D eigenvalue weighted by atomic mass is 14.9. The molecule has 3 nitrogen and oxygen atoms in total. The van der Waals surface area contributed by atoms with Gasteiger partial charge in [-0.25, -0.2) is 0 Å². The molecule has 0 aromatic heterocycles. The second kappa shape index (κ2) is 5.28. The highest BCUT2D eigenvalue weighted by Gasteiger charge is 2.07. The van der Waals surface area contributed by atoms with Crippen LogP contribution < -0.4 is 5.32 Å². The number of benzene rings is 1. The van der Waals surface area contributed by atoms with E-state index in [4.69, 9.17) is 5.53 Å². The van der Waals surface area contributed by atoms with Crippen molar-refractivity contribution in [1.82, 2.24) is 0 Å². The smallest absolute Gasteiger partial charge is 0.295 e. The number of hydrogen-bond acceptors (Lipinski definition) is 1. The average Bonchev–Trinajstić information content (AvgIpc) is 2.40. The number of anilines is 1. The summed E-state index contributed by atoms with van der Waals surface area (Å²) in [7, 11) is 0. The Morgan fingerprint density at radius 1 is 1.24 bits per heavy atom. The SMILES string of the molecule is CCc1ccc(NC2=CCC(=[N+]=[N-])C=C2)cc1. The largest absolute Gasteiger partial charge is 0.361 e. The fourth-order valence-electron chi connectivity index (χ4n) is 1.69. The predicted octanol–water partition coefficient (Wildman–Crippen LogP) is 3.18. The predicted molar refractivity (Wildman–Crippen MR) is 69.9 cm³/mol. The minimum atomic E-state index is 0.655. The summed E-state index contributed by atoms with van der Waals surface area (Å²) in [5.41, 5.74) is 12.7. The Morgan fingerprint density at radius 2 is 2.00 bits per heavy atom. The van der Waals surface area contributed by atoms with Gasteiger partial charge in [-0.2, -0.15) is 4.79 Å². The molecular formula is C14H15N3. The summed E-state index contributed by atoms with van der Waals surface area (Å²) >= 11 is 0. The van der Waals surface area contributed by atoms with Crippen LogP contribution in [-0.4, -0.2) is 10.5 Å². The molecule has 1 aliphatic rings. The molecule has 1 aromatic rings. The molecule has 1 aromatic carbocycles. The van der Waals surface area contributed by atoms with Crippen LogP contribution >= 0.6 is 0 Å². The van der Waals surface area contributed by atoms with Gasteiger partial charge in [-0.15, -0.1) is 0 Å². The molecule has 1 aliphatic carbocycles. The third kappa shape index (κ3) is 2.92. The Hall–Kier alpha value is -2.12. The zero-order valence-electron chi connectivity index (χ0n) is 9.85. The lowest BCUT2D eigenvalue weighted by Gasteiger charge is -2.09. The Labute approximate surface area is 101 Å². The summed E-state index contributed by atoms with van der Waals surface area (Å²) in [4.78, 5) is 3.17. The highest BCUT2D eigenvalue weighted by Crippen LogP contribution is 2.15. The van der Waals surface area contributed by atoms with Crippen LogP contribution in [-0.2, 0) is 6.42 Å². The van der Waals surface area contributed by atoms with E-state index in [1.807, 2.05) is 18.2 Å². The number of aryl methyl sites for hydroxylation is 1. The van der Waals surface area contributed by atoms with Crippen molar-refractivity contribution in [2.45, 2.75) is 19.8 Å². The van der Waals surface area contributed by atoms with Gasteiger partial charge in [0.15, 0.2) is 0 Å². The van der Waals surface area contributed by atoms with Gasteiger partial charge in [0.2, 0.25) is 0 Å². The highest BCUT2D eigenvalue weighted by molar-refractivity contribution is 5.93. The molecule has 0 atom stereocenters. The summed E-state index contributed by atoms with van der Waals surface area (Å²) in [6.07, 6.45) is 7.43. The fraction of sp³-hybridized carbons (Fsp3) is 0.214. The molecule has 0 fully saturated rings. The van der Waals surface area contributed by atoms with Gasteiger partial charge in [0, 0.05) is 17.5 Å². The molecule has 1 N–H and O–H groups in total. The first-order chi connectivity index (χ1) is 8.31. The van der Waals surface area contributed by atoms with Crippen molar-refractivity contribution in [3.63, 3.8) is 0 Å². The van der Waals surface area contributed by atoms with E-state index in [2.05, 4.69) is 41.3 Å². The first kappa shape index (κ1) is 11.4. The first-order valence-electron chi connectivity index (χ1n) is 5.77. The van der Waals surface area contributed by atoms with E-state index >= 15 is 0 Å². The van der Waals surface area contributed by atoms with Crippen molar-refractivity contribution >= 4 is 11.4 Å². The molecule has 0 saturated carbocycles. The molecule has 0 aliphatic heterocycles. The van der Waals surface area contributed by atoms with Crippen molar-refractivity contribution in [2.75, 3.05) is 5.32 Å². The van der Waals surface area contributed by atoms with E-state index in [0.29, 0.717) is 12.1 Å². The zero-order chi connectivity index (χ0) is 12.1. The van der Waals surface area contributed by atoms with Crippen LogP contribution in [0.4, 0.5) is 5.69 Å². The maximum atomic E-state index is 8.61. The van der Waals surface area contributed by atoms with Gasteiger partial charge in [-0.05, 0) is 36.3 Å². The van der Waals surface area contributed by atoms with Crippen LogP contribution in [0.15, 0.2) is 48.2 Å². The maximum absolute atomic E-state index is 8.61. The van der Waals surface area contributed by atoms with Gasteiger partial charge in [0.25, 0.3) is 5.71 Å². The molecular weight excluding hydrogens is 210 g/mol. The third-order valence-electron chi connectivity index (χ3n) is 2.77. The van der Waals surface area contributed by atoms with Crippen LogP contribution in [0.1, 0.15) is 18.9 Å². The normalized spacial score (nSPS) is 14.2. The van der Waals surface area contributed by atoms with Crippen LogP contribution in [0.5, 0.6) is 0 Å². The fourth-order valence-corrected chi connectivity index (χ4v) is 1.69. The number of nitrogens with zero attached hydrogens (tertiary/aromatic N) is 2. The molecule has 86 valence electrons. The molecule has 0 spiro atoms. The van der Waals surface area contributed by atoms with Gasteiger partial charge in [-0.1, -0.05) is 19.1 Å². The first-order valence-corrected chi connectivity index (χ1v) is 5.77. The number of rotatable bonds is 3. The van der Waals surface area contributed by atoms with Crippen LogP contribution in [0.2, 0.25) is 0 Å². The molecule has 2 rings (SSSR count). The van der Waals surface area contributed by atoms with Crippen molar-refractivity contribution in [3.8, 4) is 0 Å². The molecule has 0 radical (unpaired) electrons. The van der Waals surface area contributed by atoms with Gasteiger partial charge in [0.05, 0.1) is 6.42 Å². The standard InChI is InChI=1S/C14H15N3/c1-2-11-3-5-12(6-4-11)16-13-7-9-14(17-15)10-8-13/h3-9,16H,2,10H2,1H3. The van der Waals surface area contributed by atoms with E-state index < -0.39 is 0 Å². The van der Waals surface area contributed by atoms with Crippen LogP contribution in [0.25, 0.3) is 5.53 Å². The van der Waals surface area contributed by atoms with E-state index in [1.165, 1.54) is 5.56 Å². The van der Waals surface area contributed by atoms with Crippen molar-refractivity contribution in [2.24, 2.45) is 0 Å². The number of hydrogen-bond donors (Lipinski definition) is 1. The third-order valence-corrected chi connectivity index (χ3v) is 2.77. The quantitative estimate of drug-likeness (QED) is 0.623. The second-order valence-corrected chi connectivity index (χ2v) is 3.96. The Morgan fingerprint density at radius 3 is 2.53 bits per heavy atom. The minimum Gasteiger partial charge on any atom is -0.361 e. The summed E-state index contributed by atoms with van der Waals surface area (Å²) < 4.78 is 0.